The molecule has 0 aliphatic carbocycles. The summed E-state index contributed by atoms with van der Waals surface area (Å²) >= 11 is 0. The molecule has 37 heavy (non-hydrogen) atoms. The van der Waals surface area contributed by atoms with Crippen molar-refractivity contribution >= 4 is 12.0 Å². The van der Waals surface area contributed by atoms with Crippen molar-refractivity contribution in [3.8, 4) is 0 Å². The Morgan fingerprint density at radius 3 is 2.30 bits per heavy atom. The number of rotatable bonds is 5. The molecule has 0 bridgehead atoms. The van der Waals surface area contributed by atoms with Crippen molar-refractivity contribution in [2.75, 3.05) is 13.6 Å². The highest BCUT2D eigenvalue weighted by atomic mass is 16.6. The van der Waals surface area contributed by atoms with Crippen LogP contribution in [0.5, 0.6) is 0 Å². The lowest BCUT2D eigenvalue weighted by molar-refractivity contribution is -0.132. The summed E-state index contributed by atoms with van der Waals surface area (Å²) in [7, 11) is 1.75. The summed E-state index contributed by atoms with van der Waals surface area (Å²) in [6.45, 7) is 8.14. The van der Waals surface area contributed by atoms with Gasteiger partial charge < -0.3 is 14.5 Å². The van der Waals surface area contributed by atoms with Gasteiger partial charge in [0.2, 0.25) is 0 Å². The van der Waals surface area contributed by atoms with E-state index in [9.17, 15) is 14.4 Å². The highest BCUT2D eigenvalue weighted by molar-refractivity contribution is 5.83. The van der Waals surface area contributed by atoms with Gasteiger partial charge in [-0.25, -0.2) is 9.78 Å². The molecule has 0 saturated carbocycles. The zero-order valence-corrected chi connectivity index (χ0v) is 22.1. The van der Waals surface area contributed by atoms with Crippen LogP contribution in [0, 0.1) is 6.92 Å². The summed E-state index contributed by atoms with van der Waals surface area (Å²) in [6, 6.07) is 18.2. The Kier molecular flexibility index (Phi) is 7.47. The maximum atomic E-state index is 13.9. The van der Waals surface area contributed by atoms with E-state index >= 15 is 0 Å². The highest BCUT2D eigenvalue weighted by Crippen LogP contribution is 2.24. The van der Waals surface area contributed by atoms with Crippen molar-refractivity contribution in [3.63, 3.8) is 0 Å². The van der Waals surface area contributed by atoms with Crippen molar-refractivity contribution in [2.24, 2.45) is 0 Å². The maximum Gasteiger partial charge on any atom is 0.410 e. The van der Waals surface area contributed by atoms with E-state index < -0.39 is 17.7 Å². The smallest absolute Gasteiger partial charge is 0.410 e. The molecule has 0 saturated heterocycles. The summed E-state index contributed by atoms with van der Waals surface area (Å²) < 4.78 is 7.01. The first kappa shape index (κ1) is 26.1. The number of benzene rings is 2. The van der Waals surface area contributed by atoms with Crippen molar-refractivity contribution in [3.05, 3.63) is 99.2 Å². The molecule has 2 aromatic carbocycles. The monoisotopic (exact) mass is 502 g/mol. The quantitative estimate of drug-likeness (QED) is 0.525. The molecule has 1 atom stereocenters. The summed E-state index contributed by atoms with van der Waals surface area (Å²) in [5, 5.41) is 0. The van der Waals surface area contributed by atoms with E-state index in [1.807, 2.05) is 81.4 Å². The molecule has 2 amide bonds. The average Bonchev–Trinajstić information content (AvgIpc) is 2.86. The molecule has 0 radical (unpaired) electrons. The van der Waals surface area contributed by atoms with Crippen molar-refractivity contribution in [2.45, 2.75) is 58.8 Å². The fourth-order valence-corrected chi connectivity index (χ4v) is 4.59. The van der Waals surface area contributed by atoms with Gasteiger partial charge >= 0.3 is 6.09 Å². The van der Waals surface area contributed by atoms with Crippen molar-refractivity contribution in [1.82, 2.24) is 19.4 Å². The maximum absolute atomic E-state index is 13.9. The minimum absolute atomic E-state index is 0.193. The first-order valence-electron chi connectivity index (χ1n) is 12.5. The predicted octanol–water partition coefficient (Wildman–Crippen LogP) is 4.09. The van der Waals surface area contributed by atoms with Crippen LogP contribution in [0.1, 0.15) is 55.0 Å². The van der Waals surface area contributed by atoms with Crippen LogP contribution in [0.2, 0.25) is 0 Å². The minimum Gasteiger partial charge on any atom is -0.444 e. The number of ether oxygens (including phenoxy) is 1. The number of hydrogen-bond acceptors (Lipinski definition) is 5. The third kappa shape index (κ3) is 5.90. The second kappa shape index (κ2) is 10.6. The van der Waals surface area contributed by atoms with Gasteiger partial charge in [0, 0.05) is 25.7 Å². The molecule has 1 aliphatic heterocycles. The molecular formula is C29H34N4O4. The number of hydrogen-bond donors (Lipinski definition) is 0. The van der Waals surface area contributed by atoms with Gasteiger partial charge in [0.05, 0.1) is 12.2 Å². The fourth-order valence-electron chi connectivity index (χ4n) is 4.59. The van der Waals surface area contributed by atoms with E-state index in [4.69, 9.17) is 9.72 Å². The van der Waals surface area contributed by atoms with Crippen LogP contribution in [0.4, 0.5) is 4.79 Å². The van der Waals surface area contributed by atoms with Gasteiger partial charge in [-0.1, -0.05) is 60.7 Å². The third-order valence-corrected chi connectivity index (χ3v) is 6.34. The summed E-state index contributed by atoms with van der Waals surface area (Å²) in [6.07, 6.45) is -0.0855. The number of carbonyl (C=O) groups excluding carboxylic acids is 2. The molecule has 0 spiro atoms. The van der Waals surface area contributed by atoms with Gasteiger partial charge in [-0.15, -0.1) is 0 Å². The molecule has 1 aliphatic rings. The Bertz CT molecular complexity index is 1330. The highest BCUT2D eigenvalue weighted by Gasteiger charge is 2.33. The van der Waals surface area contributed by atoms with E-state index in [1.54, 1.807) is 23.8 Å². The first-order valence-corrected chi connectivity index (χ1v) is 12.5. The van der Waals surface area contributed by atoms with Crippen molar-refractivity contribution < 1.29 is 14.3 Å². The van der Waals surface area contributed by atoms with Gasteiger partial charge in [-0.3, -0.25) is 14.2 Å². The van der Waals surface area contributed by atoms with Gasteiger partial charge in [0.25, 0.3) is 11.5 Å². The third-order valence-electron chi connectivity index (χ3n) is 6.34. The van der Waals surface area contributed by atoms with Crippen LogP contribution in [0.25, 0.3) is 0 Å². The number of aromatic nitrogens is 2. The lowest BCUT2D eigenvalue weighted by Crippen LogP contribution is -2.45. The lowest BCUT2D eigenvalue weighted by Gasteiger charge is -2.32. The molecule has 0 N–H and O–H groups in total. The zero-order valence-electron chi connectivity index (χ0n) is 22.1. The average molecular weight is 503 g/mol. The van der Waals surface area contributed by atoms with E-state index in [1.165, 1.54) is 4.57 Å². The Balaban J connectivity index is 1.70. The van der Waals surface area contributed by atoms with Gasteiger partial charge in [-0.05, 0) is 45.2 Å². The topological polar surface area (TPSA) is 84.7 Å². The standard InChI is InChI=1S/C29H34N4O4/c1-20-30-24-19-32(28(36)37-29(2,3)4)17-16-23(24)26(34)33(20)25(22-14-10-7-11-15-22)27(35)31(5)18-21-12-8-6-9-13-21/h6-15,25H,16-19H2,1-5H3. The SMILES string of the molecule is Cc1nc2c(c(=O)n1C(C(=O)N(C)Cc1ccccc1)c1ccccc1)CCN(C(=O)OC(C)(C)C)C2. The van der Waals surface area contributed by atoms with Crippen LogP contribution in [-0.2, 0) is 29.0 Å². The number of amides is 2. The number of nitrogens with zero attached hydrogens (tertiary/aromatic N) is 4. The Labute approximate surface area is 217 Å². The Morgan fingerprint density at radius 2 is 1.68 bits per heavy atom. The Hall–Kier alpha value is -3.94. The molecular weight excluding hydrogens is 468 g/mol. The summed E-state index contributed by atoms with van der Waals surface area (Å²) in [5.41, 5.74) is 1.93. The predicted molar refractivity (Wildman–Crippen MR) is 141 cm³/mol. The number of fused-ring (bicyclic) bond motifs is 1. The van der Waals surface area contributed by atoms with Gasteiger partial charge in [-0.2, -0.15) is 0 Å². The minimum atomic E-state index is -0.857. The molecule has 2 heterocycles. The van der Waals surface area contributed by atoms with Gasteiger partial charge in [0.15, 0.2) is 0 Å². The number of likely N-dealkylation sites (N-methyl/N-ethyl adjacent to an activating group) is 1. The van der Waals surface area contributed by atoms with Crippen LogP contribution in [0.15, 0.2) is 65.5 Å². The van der Waals surface area contributed by atoms with Crippen LogP contribution in [-0.4, -0.2) is 50.5 Å². The molecule has 194 valence electrons. The molecule has 3 aromatic rings. The number of carbonyl (C=O) groups is 2. The normalized spacial score (nSPS) is 14.0. The second-order valence-corrected chi connectivity index (χ2v) is 10.4. The second-order valence-electron chi connectivity index (χ2n) is 10.4. The van der Waals surface area contributed by atoms with E-state index in [2.05, 4.69) is 0 Å². The Morgan fingerprint density at radius 1 is 1.05 bits per heavy atom. The molecule has 8 heteroatoms. The molecule has 1 unspecified atom stereocenters. The lowest BCUT2D eigenvalue weighted by atomic mass is 10.0. The summed E-state index contributed by atoms with van der Waals surface area (Å²) in [5.74, 6) is 0.221. The molecule has 0 fully saturated rings. The zero-order chi connectivity index (χ0) is 26.7. The van der Waals surface area contributed by atoms with E-state index in [-0.39, 0.29) is 18.0 Å². The van der Waals surface area contributed by atoms with Crippen LogP contribution < -0.4 is 5.56 Å². The molecule has 1 aromatic heterocycles. The van der Waals surface area contributed by atoms with E-state index in [0.29, 0.717) is 42.2 Å². The fraction of sp³-hybridized carbons (Fsp3) is 0.379. The van der Waals surface area contributed by atoms with Crippen molar-refractivity contribution in [1.29, 1.82) is 0 Å². The van der Waals surface area contributed by atoms with Crippen LogP contribution in [0.3, 0.4) is 0 Å². The van der Waals surface area contributed by atoms with Crippen LogP contribution >= 0.6 is 0 Å². The number of aryl methyl sites for hydroxylation is 1. The molecule has 4 rings (SSSR count). The van der Waals surface area contributed by atoms with E-state index in [0.717, 1.165) is 5.56 Å². The molecule has 8 nitrogen and oxygen atoms in total. The summed E-state index contributed by atoms with van der Waals surface area (Å²) in [4.78, 5) is 48.3. The largest absolute Gasteiger partial charge is 0.444 e. The van der Waals surface area contributed by atoms with Gasteiger partial charge in [0.1, 0.15) is 17.5 Å². The first-order chi connectivity index (χ1) is 17.5.